The molecule has 0 aliphatic heterocycles. The first kappa shape index (κ1) is 12.4. The predicted octanol–water partition coefficient (Wildman–Crippen LogP) is 2.92. The first-order chi connectivity index (χ1) is 8.65. The first-order valence-corrected chi connectivity index (χ1v) is 6.03. The van der Waals surface area contributed by atoms with Crippen LogP contribution in [-0.4, -0.2) is 25.3 Å². The van der Waals surface area contributed by atoms with E-state index in [9.17, 15) is 9.90 Å². The summed E-state index contributed by atoms with van der Waals surface area (Å²) >= 11 is 1.31. The monoisotopic (exact) mass is 264 g/mol. The van der Waals surface area contributed by atoms with Gasteiger partial charge in [0.1, 0.15) is 4.88 Å². The molecule has 18 heavy (non-hydrogen) atoms. The van der Waals surface area contributed by atoms with E-state index in [-0.39, 0.29) is 11.7 Å². The molecule has 0 fully saturated rings. The van der Waals surface area contributed by atoms with E-state index in [0.717, 1.165) is 10.4 Å². The zero-order chi connectivity index (χ0) is 13.1. The molecule has 2 aromatic rings. The molecule has 2 rings (SSSR count). The number of ether oxygens (including phenoxy) is 2. The van der Waals surface area contributed by atoms with Gasteiger partial charge in [0.05, 0.1) is 14.2 Å². The Bertz CT molecular complexity index is 574. The molecule has 0 saturated heterocycles. The fourth-order valence-corrected chi connectivity index (χ4v) is 2.47. The fourth-order valence-electron chi connectivity index (χ4n) is 1.55. The summed E-state index contributed by atoms with van der Waals surface area (Å²) in [4.78, 5) is 12.8. The van der Waals surface area contributed by atoms with Crippen molar-refractivity contribution in [2.75, 3.05) is 14.2 Å². The number of methoxy groups -OCH3 is 2. The van der Waals surface area contributed by atoms with Gasteiger partial charge in [-0.1, -0.05) is 0 Å². The summed E-state index contributed by atoms with van der Waals surface area (Å²) in [7, 11) is 2.84. The average Bonchev–Trinajstić information content (AvgIpc) is 2.87. The number of carbonyl (C=O) groups is 1. The Balaban J connectivity index is 2.34. The lowest BCUT2D eigenvalue weighted by molar-refractivity contribution is 0.0606. The van der Waals surface area contributed by atoms with Gasteiger partial charge in [0.25, 0.3) is 0 Å². The van der Waals surface area contributed by atoms with E-state index in [2.05, 4.69) is 4.74 Å². The van der Waals surface area contributed by atoms with Gasteiger partial charge in [-0.05, 0) is 35.9 Å². The Labute approximate surface area is 108 Å². The SMILES string of the molecule is COC(=O)c1ccc(-c2ccc(OC)c(O)c2)s1. The molecule has 0 aliphatic rings. The minimum Gasteiger partial charge on any atom is -0.504 e. The van der Waals surface area contributed by atoms with Crippen molar-refractivity contribution in [3.8, 4) is 21.9 Å². The summed E-state index contributed by atoms with van der Waals surface area (Å²) in [5.74, 6) is 0.135. The highest BCUT2D eigenvalue weighted by Crippen LogP contribution is 2.34. The highest BCUT2D eigenvalue weighted by molar-refractivity contribution is 7.17. The normalized spacial score (nSPS) is 10.1. The zero-order valence-corrected chi connectivity index (χ0v) is 10.8. The second kappa shape index (κ2) is 5.10. The molecule has 0 amide bonds. The third-order valence-corrected chi connectivity index (χ3v) is 3.57. The lowest BCUT2D eigenvalue weighted by Crippen LogP contribution is -1.96. The number of esters is 1. The standard InChI is InChI=1S/C13H12O4S/c1-16-10-4-3-8(7-9(10)14)11-5-6-12(18-11)13(15)17-2/h3-7,14H,1-2H3. The van der Waals surface area contributed by atoms with E-state index >= 15 is 0 Å². The van der Waals surface area contributed by atoms with Crippen LogP contribution in [0.15, 0.2) is 30.3 Å². The second-order valence-corrected chi connectivity index (χ2v) is 4.63. The summed E-state index contributed by atoms with van der Waals surface area (Å²) in [5.41, 5.74) is 0.827. The van der Waals surface area contributed by atoms with E-state index in [4.69, 9.17) is 4.74 Å². The molecule has 1 N–H and O–H groups in total. The maximum absolute atomic E-state index is 11.3. The summed E-state index contributed by atoms with van der Waals surface area (Å²) < 4.78 is 9.62. The summed E-state index contributed by atoms with van der Waals surface area (Å²) in [6.45, 7) is 0. The van der Waals surface area contributed by atoms with Gasteiger partial charge in [-0.25, -0.2) is 4.79 Å². The van der Waals surface area contributed by atoms with Crippen LogP contribution in [0.5, 0.6) is 11.5 Å². The van der Waals surface area contributed by atoms with Crippen molar-refractivity contribution < 1.29 is 19.4 Å². The number of hydrogen-bond donors (Lipinski definition) is 1. The van der Waals surface area contributed by atoms with Crippen molar-refractivity contribution >= 4 is 17.3 Å². The zero-order valence-electron chi connectivity index (χ0n) is 9.97. The molecule has 4 nitrogen and oxygen atoms in total. The van der Waals surface area contributed by atoms with Crippen LogP contribution >= 0.6 is 11.3 Å². The molecule has 0 radical (unpaired) electrons. The Hall–Kier alpha value is -2.01. The molecular formula is C13H12O4S. The Kier molecular flexibility index (Phi) is 3.53. The number of rotatable bonds is 3. The van der Waals surface area contributed by atoms with Gasteiger partial charge < -0.3 is 14.6 Å². The molecule has 0 saturated carbocycles. The van der Waals surface area contributed by atoms with E-state index in [1.165, 1.54) is 25.6 Å². The van der Waals surface area contributed by atoms with Gasteiger partial charge in [-0.3, -0.25) is 0 Å². The van der Waals surface area contributed by atoms with E-state index < -0.39 is 0 Å². The van der Waals surface area contributed by atoms with Crippen LogP contribution in [0, 0.1) is 0 Å². The van der Waals surface area contributed by atoms with Crippen molar-refractivity contribution in [3.05, 3.63) is 35.2 Å². The molecular weight excluding hydrogens is 252 g/mol. The van der Waals surface area contributed by atoms with Crippen LogP contribution < -0.4 is 4.74 Å². The predicted molar refractivity (Wildman–Crippen MR) is 69.3 cm³/mol. The van der Waals surface area contributed by atoms with E-state index in [1.54, 1.807) is 18.2 Å². The number of phenols is 1. The number of hydrogen-bond acceptors (Lipinski definition) is 5. The van der Waals surface area contributed by atoms with Crippen LogP contribution in [-0.2, 0) is 4.74 Å². The minimum absolute atomic E-state index is 0.0722. The molecule has 0 bridgehead atoms. The van der Waals surface area contributed by atoms with Crippen LogP contribution in [0.3, 0.4) is 0 Å². The summed E-state index contributed by atoms with van der Waals surface area (Å²) in [6, 6.07) is 8.63. The summed E-state index contributed by atoms with van der Waals surface area (Å²) in [5, 5.41) is 9.70. The number of thiophene rings is 1. The largest absolute Gasteiger partial charge is 0.504 e. The van der Waals surface area contributed by atoms with Crippen LogP contribution in [0.2, 0.25) is 0 Å². The molecule has 0 unspecified atom stereocenters. The molecule has 1 heterocycles. The summed E-state index contributed by atoms with van der Waals surface area (Å²) in [6.07, 6.45) is 0. The fraction of sp³-hybridized carbons (Fsp3) is 0.154. The maximum Gasteiger partial charge on any atom is 0.348 e. The number of benzene rings is 1. The topological polar surface area (TPSA) is 55.8 Å². The molecule has 94 valence electrons. The lowest BCUT2D eigenvalue weighted by atomic mass is 10.1. The Morgan fingerprint density at radius 2 is 2.00 bits per heavy atom. The van der Waals surface area contributed by atoms with Crippen molar-refractivity contribution in [2.24, 2.45) is 0 Å². The lowest BCUT2D eigenvalue weighted by Gasteiger charge is -2.04. The maximum atomic E-state index is 11.3. The van der Waals surface area contributed by atoms with Gasteiger partial charge in [0, 0.05) is 4.88 Å². The molecule has 0 aliphatic carbocycles. The Morgan fingerprint density at radius 3 is 2.61 bits per heavy atom. The first-order valence-electron chi connectivity index (χ1n) is 5.21. The Morgan fingerprint density at radius 1 is 1.22 bits per heavy atom. The van der Waals surface area contributed by atoms with E-state index in [0.29, 0.717) is 10.6 Å². The van der Waals surface area contributed by atoms with Crippen molar-refractivity contribution in [3.63, 3.8) is 0 Å². The smallest absolute Gasteiger partial charge is 0.348 e. The number of aromatic hydroxyl groups is 1. The van der Waals surface area contributed by atoms with Crippen LogP contribution in [0.1, 0.15) is 9.67 Å². The van der Waals surface area contributed by atoms with Gasteiger partial charge in [0.2, 0.25) is 0 Å². The van der Waals surface area contributed by atoms with E-state index in [1.807, 2.05) is 12.1 Å². The van der Waals surface area contributed by atoms with Crippen LogP contribution in [0.4, 0.5) is 0 Å². The third kappa shape index (κ3) is 2.31. The van der Waals surface area contributed by atoms with Crippen LogP contribution in [0.25, 0.3) is 10.4 Å². The number of phenolic OH excluding ortho intramolecular Hbond substituents is 1. The third-order valence-electron chi connectivity index (χ3n) is 2.46. The molecule has 0 spiro atoms. The van der Waals surface area contributed by atoms with Gasteiger partial charge in [-0.2, -0.15) is 0 Å². The van der Waals surface area contributed by atoms with Crippen molar-refractivity contribution in [2.45, 2.75) is 0 Å². The quantitative estimate of drug-likeness (QED) is 0.866. The van der Waals surface area contributed by atoms with Gasteiger partial charge in [-0.15, -0.1) is 11.3 Å². The molecule has 0 atom stereocenters. The second-order valence-electron chi connectivity index (χ2n) is 3.54. The molecule has 1 aromatic carbocycles. The minimum atomic E-state index is -0.357. The highest BCUT2D eigenvalue weighted by Gasteiger charge is 2.11. The van der Waals surface area contributed by atoms with Crippen molar-refractivity contribution in [1.29, 1.82) is 0 Å². The number of carbonyl (C=O) groups excluding carboxylic acids is 1. The van der Waals surface area contributed by atoms with Gasteiger partial charge >= 0.3 is 5.97 Å². The van der Waals surface area contributed by atoms with Crippen molar-refractivity contribution in [1.82, 2.24) is 0 Å². The van der Waals surface area contributed by atoms with Gasteiger partial charge in [0.15, 0.2) is 11.5 Å². The molecule has 5 heteroatoms. The highest BCUT2D eigenvalue weighted by atomic mass is 32.1. The molecule has 1 aromatic heterocycles. The average molecular weight is 264 g/mol.